The molecule has 1 N–H and O–H groups in total. The number of benzene rings is 1. The molecule has 0 bridgehead atoms. The van der Waals surface area contributed by atoms with E-state index < -0.39 is 0 Å². The summed E-state index contributed by atoms with van der Waals surface area (Å²) in [6, 6.07) is 10.7. The summed E-state index contributed by atoms with van der Waals surface area (Å²) in [5.74, 6) is 1.86. The molecule has 4 nitrogen and oxygen atoms in total. The maximum atomic E-state index is 4.62. The van der Waals surface area contributed by atoms with Crippen LogP contribution in [-0.4, -0.2) is 27.4 Å². The van der Waals surface area contributed by atoms with E-state index in [9.17, 15) is 0 Å². The van der Waals surface area contributed by atoms with Crippen molar-refractivity contribution in [2.75, 3.05) is 6.54 Å². The Morgan fingerprint density at radius 3 is 2.63 bits per heavy atom. The Morgan fingerprint density at radius 2 is 1.95 bits per heavy atom. The van der Waals surface area contributed by atoms with Crippen molar-refractivity contribution in [3.63, 3.8) is 0 Å². The normalized spacial score (nSPS) is 11.2. The van der Waals surface area contributed by atoms with Crippen molar-refractivity contribution in [2.45, 2.75) is 32.7 Å². The van der Waals surface area contributed by atoms with E-state index in [1.165, 1.54) is 0 Å². The summed E-state index contributed by atoms with van der Waals surface area (Å²) in [7, 11) is 1.96. The van der Waals surface area contributed by atoms with Crippen molar-refractivity contribution in [3.8, 4) is 11.4 Å². The molecule has 1 aromatic carbocycles. The highest BCUT2D eigenvalue weighted by atomic mass is 15.3. The molecular weight excluding hydrogens is 236 g/mol. The summed E-state index contributed by atoms with van der Waals surface area (Å²) in [5.41, 5.74) is 1.07. The predicted molar refractivity (Wildman–Crippen MR) is 77.9 cm³/mol. The van der Waals surface area contributed by atoms with Crippen molar-refractivity contribution in [1.29, 1.82) is 0 Å². The second-order valence-corrected chi connectivity index (χ2v) is 5.05. The molecule has 0 atom stereocenters. The Bertz CT molecular complexity index is 502. The Labute approximate surface area is 114 Å². The highest BCUT2D eigenvalue weighted by Gasteiger charge is 2.08. The molecule has 0 saturated carbocycles. The smallest absolute Gasteiger partial charge is 0.181 e. The molecule has 2 rings (SSSR count). The summed E-state index contributed by atoms with van der Waals surface area (Å²) in [6.45, 7) is 5.34. The van der Waals surface area contributed by atoms with Crippen molar-refractivity contribution < 1.29 is 0 Å². The van der Waals surface area contributed by atoms with Crippen LogP contribution in [0.1, 0.15) is 26.1 Å². The van der Waals surface area contributed by atoms with E-state index >= 15 is 0 Å². The molecule has 0 saturated heterocycles. The molecule has 1 aromatic heterocycles. The fourth-order valence-corrected chi connectivity index (χ4v) is 1.98. The van der Waals surface area contributed by atoms with Gasteiger partial charge in [-0.05, 0) is 13.0 Å². The van der Waals surface area contributed by atoms with Gasteiger partial charge in [0.1, 0.15) is 5.82 Å². The molecule has 102 valence electrons. The van der Waals surface area contributed by atoms with Crippen molar-refractivity contribution in [3.05, 3.63) is 36.2 Å². The third-order valence-electron chi connectivity index (χ3n) is 3.01. The van der Waals surface area contributed by atoms with Gasteiger partial charge in [-0.1, -0.05) is 44.2 Å². The molecule has 0 spiro atoms. The highest BCUT2D eigenvalue weighted by Crippen LogP contribution is 2.14. The first-order valence-corrected chi connectivity index (χ1v) is 6.85. The van der Waals surface area contributed by atoms with Crippen LogP contribution in [0, 0.1) is 0 Å². The fourth-order valence-electron chi connectivity index (χ4n) is 1.98. The van der Waals surface area contributed by atoms with Gasteiger partial charge in [0, 0.05) is 25.1 Å². The second kappa shape index (κ2) is 6.48. The largest absolute Gasteiger partial charge is 0.315 e. The van der Waals surface area contributed by atoms with Gasteiger partial charge in [-0.15, -0.1) is 0 Å². The topological polar surface area (TPSA) is 42.7 Å². The Hall–Kier alpha value is -1.68. The predicted octanol–water partition coefficient (Wildman–Crippen LogP) is 2.41. The first-order valence-electron chi connectivity index (χ1n) is 6.85. The van der Waals surface area contributed by atoms with Crippen LogP contribution in [0.4, 0.5) is 0 Å². The summed E-state index contributed by atoms with van der Waals surface area (Å²) in [6.07, 6.45) is 2.04. The molecule has 0 amide bonds. The van der Waals surface area contributed by atoms with Crippen LogP contribution in [0.15, 0.2) is 30.3 Å². The summed E-state index contributed by atoms with van der Waals surface area (Å²) in [5, 5.41) is 7.90. The van der Waals surface area contributed by atoms with Gasteiger partial charge in [0.05, 0.1) is 0 Å². The number of aryl methyl sites for hydroxylation is 2. The zero-order valence-electron chi connectivity index (χ0n) is 11.9. The van der Waals surface area contributed by atoms with Gasteiger partial charge in [-0.2, -0.15) is 5.10 Å². The summed E-state index contributed by atoms with van der Waals surface area (Å²) in [4.78, 5) is 4.62. The molecule has 0 unspecified atom stereocenters. The second-order valence-electron chi connectivity index (χ2n) is 5.05. The van der Waals surface area contributed by atoms with Gasteiger partial charge in [0.25, 0.3) is 0 Å². The minimum absolute atomic E-state index is 0.541. The lowest BCUT2D eigenvalue weighted by molar-refractivity contribution is 0.558. The van der Waals surface area contributed by atoms with E-state index in [-0.39, 0.29) is 0 Å². The zero-order chi connectivity index (χ0) is 13.7. The van der Waals surface area contributed by atoms with Crippen LogP contribution < -0.4 is 5.32 Å². The van der Waals surface area contributed by atoms with Gasteiger partial charge in [-0.25, -0.2) is 4.98 Å². The molecular formula is C15H22N4. The van der Waals surface area contributed by atoms with Crippen LogP contribution in [0.2, 0.25) is 0 Å². The van der Waals surface area contributed by atoms with Crippen molar-refractivity contribution in [2.24, 2.45) is 7.05 Å². The lowest BCUT2D eigenvalue weighted by Crippen LogP contribution is -2.24. The number of nitrogens with zero attached hydrogens (tertiary/aromatic N) is 3. The molecule has 0 aliphatic carbocycles. The third-order valence-corrected chi connectivity index (χ3v) is 3.01. The van der Waals surface area contributed by atoms with Crippen molar-refractivity contribution in [1.82, 2.24) is 20.1 Å². The van der Waals surface area contributed by atoms with Crippen molar-refractivity contribution >= 4 is 0 Å². The highest BCUT2D eigenvalue weighted by molar-refractivity contribution is 5.53. The summed E-state index contributed by atoms with van der Waals surface area (Å²) >= 11 is 0. The first-order chi connectivity index (χ1) is 9.16. The average Bonchev–Trinajstić information content (AvgIpc) is 2.77. The van der Waals surface area contributed by atoms with E-state index in [2.05, 4.69) is 29.2 Å². The maximum Gasteiger partial charge on any atom is 0.181 e. The third kappa shape index (κ3) is 3.89. The summed E-state index contributed by atoms with van der Waals surface area (Å²) < 4.78 is 1.89. The number of aromatic nitrogens is 3. The lowest BCUT2D eigenvalue weighted by Gasteiger charge is -2.06. The van der Waals surface area contributed by atoms with E-state index in [0.29, 0.717) is 6.04 Å². The van der Waals surface area contributed by atoms with Crippen LogP contribution in [-0.2, 0) is 13.5 Å². The SMILES string of the molecule is CC(C)NCCCc1nc(-c2ccccc2)nn1C. The van der Waals surface area contributed by atoms with Crippen LogP contribution >= 0.6 is 0 Å². The Balaban J connectivity index is 1.97. The fraction of sp³-hybridized carbons (Fsp3) is 0.467. The molecule has 1 heterocycles. The van der Waals surface area contributed by atoms with Gasteiger partial charge < -0.3 is 5.32 Å². The molecule has 0 fully saturated rings. The molecule has 0 aliphatic heterocycles. The zero-order valence-corrected chi connectivity index (χ0v) is 11.9. The molecule has 2 aromatic rings. The molecule has 0 radical (unpaired) electrons. The van der Waals surface area contributed by atoms with Crippen LogP contribution in [0.3, 0.4) is 0 Å². The van der Waals surface area contributed by atoms with Gasteiger partial charge in [-0.3, -0.25) is 4.68 Å². The minimum Gasteiger partial charge on any atom is -0.315 e. The van der Waals surface area contributed by atoms with Gasteiger partial charge >= 0.3 is 0 Å². The standard InChI is InChI=1S/C15H22N4/c1-12(2)16-11-7-10-14-17-15(18-19(14)3)13-8-5-4-6-9-13/h4-6,8-9,12,16H,7,10-11H2,1-3H3. The van der Waals surface area contributed by atoms with Crippen LogP contribution in [0.25, 0.3) is 11.4 Å². The number of rotatable bonds is 6. The number of hydrogen-bond donors (Lipinski definition) is 1. The minimum atomic E-state index is 0.541. The number of hydrogen-bond acceptors (Lipinski definition) is 3. The maximum absolute atomic E-state index is 4.62. The molecule has 19 heavy (non-hydrogen) atoms. The quantitative estimate of drug-likeness (QED) is 0.809. The van der Waals surface area contributed by atoms with E-state index in [1.54, 1.807) is 0 Å². The van der Waals surface area contributed by atoms with Gasteiger partial charge in [0.15, 0.2) is 5.82 Å². The van der Waals surface area contributed by atoms with Gasteiger partial charge in [0.2, 0.25) is 0 Å². The average molecular weight is 258 g/mol. The van der Waals surface area contributed by atoms with E-state index in [0.717, 1.165) is 36.6 Å². The Morgan fingerprint density at radius 1 is 1.21 bits per heavy atom. The number of nitrogens with one attached hydrogen (secondary N) is 1. The first kappa shape index (κ1) is 13.7. The van der Waals surface area contributed by atoms with Crippen LogP contribution in [0.5, 0.6) is 0 Å². The van der Waals surface area contributed by atoms with E-state index in [4.69, 9.17) is 0 Å². The Kier molecular flexibility index (Phi) is 4.68. The molecule has 0 aliphatic rings. The van der Waals surface area contributed by atoms with E-state index in [1.807, 2.05) is 42.1 Å². The molecule has 4 heteroatoms. The monoisotopic (exact) mass is 258 g/mol. The lowest BCUT2D eigenvalue weighted by atomic mass is 10.2.